The first-order chi connectivity index (χ1) is 16.8. The van der Waals surface area contributed by atoms with E-state index >= 15 is 0 Å². The second-order valence-corrected chi connectivity index (χ2v) is 10.2. The van der Waals surface area contributed by atoms with Crippen molar-refractivity contribution >= 4 is 56.3 Å². The van der Waals surface area contributed by atoms with Crippen LogP contribution in [0, 0.1) is 6.92 Å². The van der Waals surface area contributed by atoms with Gasteiger partial charge in [0.1, 0.15) is 5.00 Å². The average Bonchev–Trinajstić information content (AvgIpc) is 3.18. The molecule has 3 aromatic rings. The molecule has 0 unspecified atom stereocenters. The number of piperazine rings is 1. The van der Waals surface area contributed by atoms with E-state index in [1.54, 1.807) is 21.0 Å². The maximum absolute atomic E-state index is 12.6. The molecule has 4 rings (SSSR count). The van der Waals surface area contributed by atoms with Crippen molar-refractivity contribution in [1.82, 2.24) is 14.7 Å². The van der Waals surface area contributed by atoms with Gasteiger partial charge in [0.2, 0.25) is 0 Å². The molecule has 184 valence electrons. The molecule has 1 saturated heterocycles. The molecule has 1 N–H and O–H groups in total. The van der Waals surface area contributed by atoms with Crippen LogP contribution in [0.15, 0.2) is 42.5 Å². The average molecular weight is 511 g/mol. The zero-order chi connectivity index (χ0) is 25.1. The van der Waals surface area contributed by atoms with Gasteiger partial charge >= 0.3 is 5.97 Å². The first-order valence-electron chi connectivity index (χ1n) is 11.5. The van der Waals surface area contributed by atoms with Crippen LogP contribution >= 0.6 is 23.6 Å². The van der Waals surface area contributed by atoms with Gasteiger partial charge in [0.15, 0.2) is 5.11 Å². The van der Waals surface area contributed by atoms with Gasteiger partial charge in [-0.2, -0.15) is 0 Å². The highest BCUT2D eigenvalue weighted by molar-refractivity contribution is 7.80. The van der Waals surface area contributed by atoms with E-state index in [0.29, 0.717) is 26.1 Å². The molecule has 1 aliphatic heterocycles. The van der Waals surface area contributed by atoms with E-state index in [1.807, 2.05) is 0 Å². The van der Waals surface area contributed by atoms with Gasteiger partial charge < -0.3 is 19.9 Å². The SMILES string of the molecule is COC(=O)c1c(NC(=S)N2CCN(Cc3cccc4ccccc34)CC2)sc(C(=O)N(C)C)c1C. The van der Waals surface area contributed by atoms with Crippen LogP contribution < -0.4 is 5.32 Å². The highest BCUT2D eigenvalue weighted by atomic mass is 32.1. The number of ether oxygens (including phenoxy) is 1. The molecule has 7 nitrogen and oxygen atoms in total. The third kappa shape index (κ3) is 5.32. The minimum atomic E-state index is -0.484. The molecule has 1 aliphatic rings. The molecule has 1 fully saturated rings. The Kier molecular flexibility index (Phi) is 7.69. The summed E-state index contributed by atoms with van der Waals surface area (Å²) in [5.41, 5.74) is 2.29. The van der Waals surface area contributed by atoms with Gasteiger partial charge in [-0.3, -0.25) is 9.69 Å². The monoisotopic (exact) mass is 510 g/mol. The fourth-order valence-corrected chi connectivity index (χ4v) is 5.88. The third-order valence-electron chi connectivity index (χ3n) is 6.29. The number of rotatable bonds is 5. The lowest BCUT2D eigenvalue weighted by Crippen LogP contribution is -2.49. The van der Waals surface area contributed by atoms with E-state index in [1.165, 1.54) is 39.7 Å². The number of anilines is 1. The van der Waals surface area contributed by atoms with E-state index in [4.69, 9.17) is 17.0 Å². The smallest absolute Gasteiger partial charge is 0.341 e. The number of thiocarbonyl (C=S) groups is 1. The number of hydrogen-bond donors (Lipinski definition) is 1. The molecule has 0 aliphatic carbocycles. The number of hydrogen-bond acceptors (Lipinski definition) is 6. The Labute approximate surface area is 215 Å². The zero-order valence-electron chi connectivity index (χ0n) is 20.5. The van der Waals surface area contributed by atoms with Gasteiger partial charge in [-0.25, -0.2) is 4.79 Å². The van der Waals surface area contributed by atoms with Gasteiger partial charge in [-0.05, 0) is 41.0 Å². The van der Waals surface area contributed by atoms with E-state index in [9.17, 15) is 9.59 Å². The summed E-state index contributed by atoms with van der Waals surface area (Å²) < 4.78 is 4.98. The molecule has 1 amide bonds. The second kappa shape index (κ2) is 10.7. The van der Waals surface area contributed by atoms with Crippen LogP contribution in [0.2, 0.25) is 0 Å². The predicted molar refractivity (Wildman–Crippen MR) is 145 cm³/mol. The topological polar surface area (TPSA) is 65.1 Å². The number of methoxy groups -OCH3 is 1. The lowest BCUT2D eigenvalue weighted by Gasteiger charge is -2.36. The minimum Gasteiger partial charge on any atom is -0.465 e. The van der Waals surface area contributed by atoms with Crippen molar-refractivity contribution in [2.75, 3.05) is 52.7 Å². The number of nitrogens with one attached hydrogen (secondary N) is 1. The van der Waals surface area contributed by atoms with E-state index in [-0.39, 0.29) is 5.91 Å². The Morgan fingerprint density at radius 1 is 1.09 bits per heavy atom. The van der Waals surface area contributed by atoms with Crippen LogP contribution in [0.5, 0.6) is 0 Å². The van der Waals surface area contributed by atoms with Crippen LogP contribution in [0.3, 0.4) is 0 Å². The molecule has 0 atom stereocenters. The Bertz CT molecular complexity index is 1260. The van der Waals surface area contributed by atoms with Crippen LogP contribution in [-0.2, 0) is 11.3 Å². The summed E-state index contributed by atoms with van der Waals surface area (Å²) in [6, 6.07) is 14.9. The maximum atomic E-state index is 12.6. The summed E-state index contributed by atoms with van der Waals surface area (Å²) in [7, 11) is 4.72. The number of carbonyl (C=O) groups excluding carboxylic acids is 2. The van der Waals surface area contributed by atoms with Crippen molar-refractivity contribution in [3.05, 3.63) is 64.0 Å². The largest absolute Gasteiger partial charge is 0.465 e. The Hall–Kier alpha value is -3.01. The molecule has 2 heterocycles. The third-order valence-corrected chi connectivity index (χ3v) is 7.85. The number of amides is 1. The summed E-state index contributed by atoms with van der Waals surface area (Å²) in [6.45, 7) is 5.96. The number of thiophene rings is 1. The highest BCUT2D eigenvalue weighted by Crippen LogP contribution is 2.34. The van der Waals surface area contributed by atoms with E-state index in [2.05, 4.69) is 57.6 Å². The molecule has 0 radical (unpaired) electrons. The summed E-state index contributed by atoms with van der Waals surface area (Å²) >= 11 is 6.93. The van der Waals surface area contributed by atoms with Gasteiger partial charge in [0.25, 0.3) is 5.91 Å². The molecule has 35 heavy (non-hydrogen) atoms. The van der Waals surface area contributed by atoms with Crippen molar-refractivity contribution in [3.8, 4) is 0 Å². The number of esters is 1. The molecular formula is C26H30N4O3S2. The standard InChI is InChI=1S/C26H30N4O3S2/c1-17-21(25(32)33-4)23(35-22(17)24(31)28(2)3)27-26(34)30-14-12-29(13-15-30)16-19-10-7-9-18-8-5-6-11-20(18)19/h5-11H,12-16H2,1-4H3,(H,27,34). The number of benzene rings is 2. The van der Waals surface area contributed by atoms with Crippen molar-refractivity contribution < 1.29 is 14.3 Å². The zero-order valence-corrected chi connectivity index (χ0v) is 22.1. The van der Waals surface area contributed by atoms with Crippen molar-refractivity contribution in [3.63, 3.8) is 0 Å². The summed E-state index contributed by atoms with van der Waals surface area (Å²) in [5, 5.41) is 6.87. The van der Waals surface area contributed by atoms with Crippen molar-refractivity contribution in [2.24, 2.45) is 0 Å². The Balaban J connectivity index is 1.43. The van der Waals surface area contributed by atoms with E-state index in [0.717, 1.165) is 32.7 Å². The van der Waals surface area contributed by atoms with Crippen molar-refractivity contribution in [1.29, 1.82) is 0 Å². The first kappa shape index (κ1) is 25.1. The Morgan fingerprint density at radius 2 is 1.77 bits per heavy atom. The maximum Gasteiger partial charge on any atom is 0.341 e. The van der Waals surface area contributed by atoms with Gasteiger partial charge in [0, 0.05) is 46.8 Å². The second-order valence-electron chi connectivity index (χ2n) is 8.78. The lowest BCUT2D eigenvalue weighted by molar-refractivity contribution is 0.0601. The predicted octanol–water partition coefficient (Wildman–Crippen LogP) is 4.21. The summed E-state index contributed by atoms with van der Waals surface area (Å²) in [5.74, 6) is -0.638. The Morgan fingerprint density at radius 3 is 2.46 bits per heavy atom. The van der Waals surface area contributed by atoms with Crippen molar-refractivity contribution in [2.45, 2.75) is 13.5 Å². The van der Waals surface area contributed by atoms with Crippen LogP contribution in [0.1, 0.15) is 31.2 Å². The quantitative estimate of drug-likeness (QED) is 0.407. The number of carbonyl (C=O) groups is 2. The molecule has 0 spiro atoms. The fourth-order valence-electron chi connectivity index (χ4n) is 4.31. The normalized spacial score (nSPS) is 14.1. The lowest BCUT2D eigenvalue weighted by atomic mass is 10.0. The molecule has 0 bridgehead atoms. The minimum absolute atomic E-state index is 0.154. The van der Waals surface area contributed by atoms with Gasteiger partial charge in [-0.15, -0.1) is 11.3 Å². The molecule has 9 heteroatoms. The van der Waals surface area contributed by atoms with E-state index < -0.39 is 5.97 Å². The fraction of sp³-hybridized carbons (Fsp3) is 0.346. The highest BCUT2D eigenvalue weighted by Gasteiger charge is 2.28. The molecule has 0 saturated carbocycles. The number of fused-ring (bicyclic) bond motifs is 1. The number of nitrogens with zero attached hydrogens (tertiary/aromatic N) is 3. The summed E-state index contributed by atoms with van der Waals surface area (Å²) in [6.07, 6.45) is 0. The summed E-state index contributed by atoms with van der Waals surface area (Å²) in [4.78, 5) is 31.6. The van der Waals surface area contributed by atoms with Crippen LogP contribution in [0.25, 0.3) is 10.8 Å². The molecule has 1 aromatic heterocycles. The van der Waals surface area contributed by atoms with Crippen LogP contribution in [0.4, 0.5) is 5.00 Å². The van der Waals surface area contributed by atoms with Gasteiger partial charge in [0.05, 0.1) is 17.6 Å². The first-order valence-corrected chi connectivity index (χ1v) is 12.7. The van der Waals surface area contributed by atoms with Gasteiger partial charge in [-0.1, -0.05) is 42.5 Å². The van der Waals surface area contributed by atoms with Crippen LogP contribution in [-0.4, -0.2) is 79.1 Å². The molecule has 2 aromatic carbocycles. The molecular weight excluding hydrogens is 480 g/mol.